The lowest BCUT2D eigenvalue weighted by atomic mass is 10.0. The minimum absolute atomic E-state index is 0.134. The molecule has 1 fully saturated rings. The number of aromatic amines is 1. The summed E-state index contributed by atoms with van der Waals surface area (Å²) < 4.78 is 0. The van der Waals surface area contributed by atoms with E-state index in [2.05, 4.69) is 15.5 Å². The molecule has 0 saturated heterocycles. The van der Waals surface area contributed by atoms with Crippen molar-refractivity contribution in [3.63, 3.8) is 0 Å². The van der Waals surface area contributed by atoms with E-state index in [1.807, 2.05) is 12.1 Å². The van der Waals surface area contributed by atoms with Crippen LogP contribution in [0.15, 0.2) is 30.3 Å². The summed E-state index contributed by atoms with van der Waals surface area (Å²) in [5, 5.41) is 19.4. The first-order valence-corrected chi connectivity index (χ1v) is 7.34. The van der Waals surface area contributed by atoms with E-state index in [4.69, 9.17) is 0 Å². The van der Waals surface area contributed by atoms with Crippen LogP contribution in [0.3, 0.4) is 0 Å². The third-order valence-corrected chi connectivity index (χ3v) is 3.94. The number of nitrogens with one attached hydrogen (secondary N) is 2. The molecule has 1 heterocycles. The molecule has 110 valence electrons. The Morgan fingerprint density at radius 3 is 2.90 bits per heavy atom. The second-order valence-corrected chi connectivity index (χ2v) is 5.58. The van der Waals surface area contributed by atoms with Crippen LogP contribution in [0, 0.1) is 0 Å². The summed E-state index contributed by atoms with van der Waals surface area (Å²) in [4.78, 5) is 12.0. The van der Waals surface area contributed by atoms with E-state index >= 15 is 0 Å². The molecule has 3 rings (SSSR count). The van der Waals surface area contributed by atoms with Gasteiger partial charge in [-0.05, 0) is 30.5 Å². The standard InChI is InChI=1S/C16H19N3O2/c20-13-7-3-4-11(8-13)9-16(21)17-15-10-14(18-19-15)12-5-1-2-6-12/h3-4,7-8,10,12,20H,1-2,5-6,9H2,(H2,17,18,19,21). The quantitative estimate of drug-likeness (QED) is 0.808. The summed E-state index contributed by atoms with van der Waals surface area (Å²) in [5.41, 5.74) is 1.89. The number of aromatic nitrogens is 2. The molecule has 0 atom stereocenters. The average molecular weight is 285 g/mol. The first-order valence-electron chi connectivity index (χ1n) is 7.34. The van der Waals surface area contributed by atoms with Gasteiger partial charge in [0.05, 0.1) is 6.42 Å². The third-order valence-electron chi connectivity index (χ3n) is 3.94. The Labute approximate surface area is 123 Å². The normalized spacial score (nSPS) is 15.2. The van der Waals surface area contributed by atoms with E-state index < -0.39 is 0 Å². The zero-order valence-corrected chi connectivity index (χ0v) is 11.8. The Kier molecular flexibility index (Phi) is 3.90. The Morgan fingerprint density at radius 2 is 2.14 bits per heavy atom. The van der Waals surface area contributed by atoms with Gasteiger partial charge in [0, 0.05) is 17.7 Å². The Balaban J connectivity index is 1.59. The van der Waals surface area contributed by atoms with Crippen LogP contribution in [-0.4, -0.2) is 21.2 Å². The van der Waals surface area contributed by atoms with Gasteiger partial charge in [0.25, 0.3) is 0 Å². The van der Waals surface area contributed by atoms with Crippen LogP contribution in [0.4, 0.5) is 5.82 Å². The maximum absolute atomic E-state index is 12.0. The van der Waals surface area contributed by atoms with Gasteiger partial charge in [-0.1, -0.05) is 25.0 Å². The van der Waals surface area contributed by atoms with Crippen LogP contribution in [0.1, 0.15) is 42.9 Å². The highest BCUT2D eigenvalue weighted by molar-refractivity contribution is 5.91. The van der Waals surface area contributed by atoms with E-state index in [0.29, 0.717) is 11.7 Å². The molecule has 0 unspecified atom stereocenters. The summed E-state index contributed by atoms with van der Waals surface area (Å²) in [6.07, 6.45) is 5.14. The van der Waals surface area contributed by atoms with Crippen molar-refractivity contribution in [3.05, 3.63) is 41.6 Å². The minimum Gasteiger partial charge on any atom is -0.508 e. The number of hydrogen-bond acceptors (Lipinski definition) is 3. The largest absolute Gasteiger partial charge is 0.508 e. The number of carbonyl (C=O) groups excluding carboxylic acids is 1. The van der Waals surface area contributed by atoms with Crippen LogP contribution in [0.2, 0.25) is 0 Å². The number of phenolic OH excluding ortho intramolecular Hbond substituents is 1. The highest BCUT2D eigenvalue weighted by Gasteiger charge is 2.19. The Morgan fingerprint density at radius 1 is 1.33 bits per heavy atom. The average Bonchev–Trinajstić information content (AvgIpc) is 3.08. The first-order chi connectivity index (χ1) is 10.2. The molecule has 1 aliphatic carbocycles. The van der Waals surface area contributed by atoms with Gasteiger partial charge in [-0.3, -0.25) is 9.89 Å². The molecule has 1 amide bonds. The topological polar surface area (TPSA) is 78.0 Å². The van der Waals surface area contributed by atoms with Gasteiger partial charge in [0.1, 0.15) is 5.75 Å². The highest BCUT2D eigenvalue weighted by atomic mass is 16.3. The van der Waals surface area contributed by atoms with Crippen molar-refractivity contribution in [1.82, 2.24) is 10.2 Å². The number of benzene rings is 1. The SMILES string of the molecule is O=C(Cc1cccc(O)c1)Nc1cc(C2CCCC2)[nH]n1. The molecule has 1 aliphatic rings. The minimum atomic E-state index is -0.134. The van der Waals surface area contributed by atoms with Crippen LogP contribution >= 0.6 is 0 Å². The molecule has 5 nitrogen and oxygen atoms in total. The zero-order chi connectivity index (χ0) is 14.7. The van der Waals surface area contributed by atoms with Crippen molar-refractivity contribution in [3.8, 4) is 5.75 Å². The molecule has 1 saturated carbocycles. The van der Waals surface area contributed by atoms with Crippen molar-refractivity contribution in [2.24, 2.45) is 0 Å². The molecule has 0 radical (unpaired) electrons. The summed E-state index contributed by atoms with van der Waals surface area (Å²) in [7, 11) is 0. The van der Waals surface area contributed by atoms with E-state index in [1.165, 1.54) is 25.7 Å². The number of rotatable bonds is 4. The summed E-state index contributed by atoms with van der Waals surface area (Å²) >= 11 is 0. The van der Waals surface area contributed by atoms with Crippen molar-refractivity contribution in [1.29, 1.82) is 0 Å². The smallest absolute Gasteiger partial charge is 0.229 e. The van der Waals surface area contributed by atoms with Crippen LogP contribution < -0.4 is 5.32 Å². The summed E-state index contributed by atoms with van der Waals surface area (Å²) in [5.74, 6) is 1.16. The van der Waals surface area contributed by atoms with Crippen molar-refractivity contribution in [2.75, 3.05) is 5.32 Å². The summed E-state index contributed by atoms with van der Waals surface area (Å²) in [6.45, 7) is 0. The molecule has 1 aromatic heterocycles. The second-order valence-electron chi connectivity index (χ2n) is 5.58. The van der Waals surface area contributed by atoms with E-state index in [0.717, 1.165) is 11.3 Å². The first kappa shape index (κ1) is 13.7. The van der Waals surface area contributed by atoms with Crippen molar-refractivity contribution in [2.45, 2.75) is 38.0 Å². The van der Waals surface area contributed by atoms with Gasteiger partial charge in [-0.15, -0.1) is 0 Å². The van der Waals surface area contributed by atoms with Gasteiger partial charge in [0.2, 0.25) is 5.91 Å². The van der Waals surface area contributed by atoms with Crippen LogP contribution in [-0.2, 0) is 11.2 Å². The predicted molar refractivity (Wildman–Crippen MR) is 80.2 cm³/mol. The van der Waals surface area contributed by atoms with Gasteiger partial charge < -0.3 is 10.4 Å². The van der Waals surface area contributed by atoms with Gasteiger partial charge in [-0.25, -0.2) is 0 Å². The van der Waals surface area contributed by atoms with E-state index in [1.54, 1.807) is 18.2 Å². The molecular weight excluding hydrogens is 266 g/mol. The Hall–Kier alpha value is -2.30. The zero-order valence-electron chi connectivity index (χ0n) is 11.8. The fourth-order valence-corrected chi connectivity index (χ4v) is 2.89. The molecule has 0 bridgehead atoms. The van der Waals surface area contributed by atoms with E-state index in [-0.39, 0.29) is 18.1 Å². The number of hydrogen-bond donors (Lipinski definition) is 3. The number of carbonyl (C=O) groups is 1. The Bertz CT molecular complexity index is 630. The van der Waals surface area contributed by atoms with Gasteiger partial charge in [0.15, 0.2) is 5.82 Å². The third kappa shape index (κ3) is 3.42. The molecule has 3 N–H and O–H groups in total. The lowest BCUT2D eigenvalue weighted by Gasteiger charge is -2.04. The van der Waals surface area contributed by atoms with E-state index in [9.17, 15) is 9.90 Å². The number of anilines is 1. The molecule has 1 aromatic carbocycles. The molecule has 2 aromatic rings. The number of amides is 1. The number of H-pyrrole nitrogens is 1. The highest BCUT2D eigenvalue weighted by Crippen LogP contribution is 2.33. The lowest BCUT2D eigenvalue weighted by molar-refractivity contribution is -0.115. The number of aromatic hydroxyl groups is 1. The maximum atomic E-state index is 12.0. The number of nitrogens with zero attached hydrogens (tertiary/aromatic N) is 1. The van der Waals surface area contributed by atoms with Gasteiger partial charge in [-0.2, -0.15) is 5.10 Å². The molecule has 5 heteroatoms. The van der Waals surface area contributed by atoms with Crippen LogP contribution in [0.25, 0.3) is 0 Å². The predicted octanol–water partition coefficient (Wildman–Crippen LogP) is 2.95. The molecule has 0 spiro atoms. The lowest BCUT2D eigenvalue weighted by Crippen LogP contribution is -2.14. The molecular formula is C16H19N3O2. The second kappa shape index (κ2) is 5.99. The summed E-state index contributed by atoms with van der Waals surface area (Å²) in [6, 6.07) is 8.64. The molecule has 0 aliphatic heterocycles. The van der Waals surface area contributed by atoms with Crippen molar-refractivity contribution >= 4 is 11.7 Å². The fourth-order valence-electron chi connectivity index (χ4n) is 2.89. The van der Waals surface area contributed by atoms with Crippen LogP contribution in [0.5, 0.6) is 5.75 Å². The monoisotopic (exact) mass is 285 g/mol. The number of phenols is 1. The van der Waals surface area contributed by atoms with Gasteiger partial charge >= 0.3 is 0 Å². The fraction of sp³-hybridized carbons (Fsp3) is 0.375. The van der Waals surface area contributed by atoms with Crippen molar-refractivity contribution < 1.29 is 9.90 Å². The molecule has 21 heavy (non-hydrogen) atoms. The maximum Gasteiger partial charge on any atom is 0.229 e.